The second kappa shape index (κ2) is 5.31. The molecule has 0 aliphatic rings. The van der Waals surface area contributed by atoms with Crippen LogP contribution >= 0.6 is 11.6 Å². The van der Waals surface area contributed by atoms with Gasteiger partial charge in [-0.3, -0.25) is 4.79 Å². The number of carboxylic acid groups (broad SMARTS) is 1. The van der Waals surface area contributed by atoms with Gasteiger partial charge in [0.1, 0.15) is 0 Å². The maximum absolute atomic E-state index is 13.5. The lowest BCUT2D eigenvalue weighted by Gasteiger charge is -2.11. The van der Waals surface area contributed by atoms with Crippen molar-refractivity contribution in [3.05, 3.63) is 28.3 Å². The van der Waals surface area contributed by atoms with Crippen molar-refractivity contribution >= 4 is 17.6 Å². The zero-order chi connectivity index (χ0) is 13.2. The molecule has 0 heterocycles. The van der Waals surface area contributed by atoms with Gasteiger partial charge in [0, 0.05) is 0 Å². The monoisotopic (exact) mass is 264 g/mol. The number of aliphatic carboxylic acids is 1. The molecular weight excluding hydrogens is 254 g/mol. The van der Waals surface area contributed by atoms with Gasteiger partial charge >= 0.3 is 5.97 Å². The maximum Gasteiger partial charge on any atom is 0.306 e. The van der Waals surface area contributed by atoms with E-state index in [-0.39, 0.29) is 22.8 Å². The molecule has 1 rings (SSSR count). The van der Waals surface area contributed by atoms with Crippen LogP contribution in [0.4, 0.5) is 8.78 Å². The molecule has 3 nitrogen and oxygen atoms in total. The van der Waals surface area contributed by atoms with Crippen molar-refractivity contribution in [1.29, 1.82) is 0 Å². The SMILES string of the molecule is COc1c(Cl)cc(CC(C)C(=O)O)c(F)c1F. The molecule has 0 aliphatic carbocycles. The van der Waals surface area contributed by atoms with Crippen LogP contribution in [0, 0.1) is 17.6 Å². The fourth-order valence-electron chi connectivity index (χ4n) is 1.38. The number of carbonyl (C=O) groups is 1. The molecule has 17 heavy (non-hydrogen) atoms. The van der Waals surface area contributed by atoms with Gasteiger partial charge in [0.15, 0.2) is 11.6 Å². The van der Waals surface area contributed by atoms with Gasteiger partial charge in [-0.05, 0) is 18.1 Å². The van der Waals surface area contributed by atoms with E-state index in [0.717, 1.165) is 0 Å². The Morgan fingerprint density at radius 1 is 1.53 bits per heavy atom. The number of methoxy groups -OCH3 is 1. The summed E-state index contributed by atoms with van der Waals surface area (Å²) < 4.78 is 31.6. The number of carboxylic acids is 1. The topological polar surface area (TPSA) is 46.5 Å². The fraction of sp³-hybridized carbons (Fsp3) is 0.364. The Balaban J connectivity index is 3.15. The minimum Gasteiger partial charge on any atom is -0.492 e. The molecule has 1 aromatic carbocycles. The van der Waals surface area contributed by atoms with Crippen LogP contribution in [0.1, 0.15) is 12.5 Å². The lowest BCUT2D eigenvalue weighted by molar-refractivity contribution is -0.141. The molecule has 0 spiro atoms. The first-order valence-corrected chi connectivity index (χ1v) is 5.19. The van der Waals surface area contributed by atoms with Crippen molar-refractivity contribution < 1.29 is 23.4 Å². The number of benzene rings is 1. The Morgan fingerprint density at radius 3 is 2.59 bits per heavy atom. The first-order chi connectivity index (χ1) is 7.88. The van der Waals surface area contributed by atoms with Crippen LogP contribution in [0.15, 0.2) is 6.07 Å². The minimum absolute atomic E-state index is 0.0804. The van der Waals surface area contributed by atoms with Gasteiger partial charge in [0.05, 0.1) is 18.1 Å². The Labute approximate surface area is 102 Å². The van der Waals surface area contributed by atoms with Gasteiger partial charge < -0.3 is 9.84 Å². The molecule has 0 radical (unpaired) electrons. The standard InChI is InChI=1S/C11H11ClF2O3/c1-5(11(15)16)3-6-4-7(12)10(17-2)9(14)8(6)13/h4-5H,3H2,1-2H3,(H,15,16). The molecule has 1 unspecified atom stereocenters. The molecule has 0 saturated carbocycles. The van der Waals surface area contributed by atoms with Crippen LogP contribution in [0.2, 0.25) is 5.02 Å². The summed E-state index contributed by atoms with van der Waals surface area (Å²) in [6.07, 6.45) is -0.137. The zero-order valence-corrected chi connectivity index (χ0v) is 10.0. The maximum atomic E-state index is 13.5. The highest BCUT2D eigenvalue weighted by Gasteiger charge is 2.21. The van der Waals surface area contributed by atoms with E-state index in [1.807, 2.05) is 0 Å². The van der Waals surface area contributed by atoms with Crippen LogP contribution in [0.5, 0.6) is 5.75 Å². The fourth-order valence-corrected chi connectivity index (χ4v) is 1.67. The van der Waals surface area contributed by atoms with Crippen LogP contribution in [-0.4, -0.2) is 18.2 Å². The number of ether oxygens (including phenoxy) is 1. The van der Waals surface area contributed by atoms with E-state index in [9.17, 15) is 13.6 Å². The smallest absolute Gasteiger partial charge is 0.306 e. The lowest BCUT2D eigenvalue weighted by Crippen LogP contribution is -2.13. The third-order valence-corrected chi connectivity index (χ3v) is 2.62. The average molecular weight is 265 g/mol. The molecule has 0 aromatic heterocycles. The van der Waals surface area contributed by atoms with Gasteiger partial charge in [0.2, 0.25) is 5.82 Å². The van der Waals surface area contributed by atoms with Gasteiger partial charge in [0.25, 0.3) is 0 Å². The van der Waals surface area contributed by atoms with Gasteiger partial charge in [-0.25, -0.2) is 4.39 Å². The molecule has 6 heteroatoms. The second-order valence-corrected chi connectivity index (χ2v) is 4.03. The van der Waals surface area contributed by atoms with Crippen LogP contribution < -0.4 is 4.74 Å². The zero-order valence-electron chi connectivity index (χ0n) is 9.26. The predicted molar refractivity (Wildman–Crippen MR) is 58.4 cm³/mol. The minimum atomic E-state index is -1.20. The summed E-state index contributed by atoms with van der Waals surface area (Å²) in [4.78, 5) is 10.6. The highest BCUT2D eigenvalue weighted by Crippen LogP contribution is 2.32. The summed E-state index contributed by atoms with van der Waals surface area (Å²) in [5, 5.41) is 8.62. The summed E-state index contributed by atoms with van der Waals surface area (Å²) in [5.41, 5.74) is -0.0804. The van der Waals surface area contributed by atoms with Crippen LogP contribution in [-0.2, 0) is 11.2 Å². The second-order valence-electron chi connectivity index (χ2n) is 3.62. The lowest BCUT2D eigenvalue weighted by atomic mass is 10.0. The van der Waals surface area contributed by atoms with Gasteiger partial charge in [-0.15, -0.1) is 0 Å². The van der Waals surface area contributed by atoms with E-state index < -0.39 is 23.5 Å². The molecule has 1 aromatic rings. The van der Waals surface area contributed by atoms with Crippen molar-refractivity contribution in [2.24, 2.45) is 5.92 Å². The van der Waals surface area contributed by atoms with E-state index in [1.54, 1.807) is 0 Å². The summed E-state index contributed by atoms with van der Waals surface area (Å²) in [7, 11) is 1.17. The van der Waals surface area contributed by atoms with Crippen LogP contribution in [0.25, 0.3) is 0 Å². The summed E-state index contributed by atoms with van der Waals surface area (Å²) in [6.45, 7) is 1.40. The number of halogens is 3. The van der Waals surface area contributed by atoms with Crippen molar-refractivity contribution in [2.45, 2.75) is 13.3 Å². The largest absolute Gasteiger partial charge is 0.492 e. The molecule has 0 bridgehead atoms. The van der Waals surface area contributed by atoms with Crippen molar-refractivity contribution in [3.63, 3.8) is 0 Å². The highest BCUT2D eigenvalue weighted by molar-refractivity contribution is 6.32. The Kier molecular flexibility index (Phi) is 4.28. The normalized spacial score (nSPS) is 12.3. The molecule has 0 fully saturated rings. The molecule has 94 valence electrons. The summed E-state index contributed by atoms with van der Waals surface area (Å²) >= 11 is 5.69. The Bertz CT molecular complexity index is 449. The number of hydrogen-bond donors (Lipinski definition) is 1. The third-order valence-electron chi connectivity index (χ3n) is 2.34. The average Bonchev–Trinajstić information content (AvgIpc) is 2.26. The summed E-state index contributed by atoms with van der Waals surface area (Å²) in [5.74, 6) is -4.62. The number of rotatable bonds is 4. The van der Waals surface area contributed by atoms with Crippen LogP contribution in [0.3, 0.4) is 0 Å². The van der Waals surface area contributed by atoms with Gasteiger partial charge in [-0.2, -0.15) is 4.39 Å². The Morgan fingerprint density at radius 2 is 2.12 bits per heavy atom. The Hall–Kier alpha value is -1.36. The molecule has 0 amide bonds. The predicted octanol–water partition coefficient (Wildman–Crippen LogP) is 2.89. The first kappa shape index (κ1) is 13.7. The molecule has 0 aliphatic heterocycles. The van der Waals surface area contributed by atoms with E-state index >= 15 is 0 Å². The molecule has 0 saturated heterocycles. The van der Waals surface area contributed by atoms with E-state index in [1.165, 1.54) is 20.1 Å². The highest BCUT2D eigenvalue weighted by atomic mass is 35.5. The van der Waals surface area contributed by atoms with Crippen molar-refractivity contribution in [3.8, 4) is 5.75 Å². The molecular formula is C11H11ClF2O3. The first-order valence-electron chi connectivity index (χ1n) is 4.81. The van der Waals surface area contributed by atoms with Crippen molar-refractivity contribution in [2.75, 3.05) is 7.11 Å². The van der Waals surface area contributed by atoms with E-state index in [2.05, 4.69) is 4.74 Å². The summed E-state index contributed by atoms with van der Waals surface area (Å²) in [6, 6.07) is 1.18. The molecule has 1 atom stereocenters. The number of hydrogen-bond acceptors (Lipinski definition) is 2. The third kappa shape index (κ3) is 2.85. The molecule has 1 N–H and O–H groups in total. The quantitative estimate of drug-likeness (QED) is 0.851. The van der Waals surface area contributed by atoms with E-state index in [0.29, 0.717) is 0 Å². The van der Waals surface area contributed by atoms with E-state index in [4.69, 9.17) is 16.7 Å². The van der Waals surface area contributed by atoms with Crippen molar-refractivity contribution in [1.82, 2.24) is 0 Å². The van der Waals surface area contributed by atoms with Gasteiger partial charge in [-0.1, -0.05) is 18.5 Å².